The molecule has 31 heavy (non-hydrogen) atoms. The van der Waals surface area contributed by atoms with Gasteiger partial charge in [0, 0.05) is 31.7 Å². The molecular formula is C23H32N6S2. The molecule has 0 fully saturated rings. The minimum atomic E-state index is 0.585. The van der Waals surface area contributed by atoms with Crippen LogP contribution in [0.4, 0.5) is 0 Å². The quantitative estimate of drug-likeness (QED) is 0.350. The van der Waals surface area contributed by atoms with Gasteiger partial charge in [0.1, 0.15) is 5.71 Å². The summed E-state index contributed by atoms with van der Waals surface area (Å²) in [6, 6.07) is 14.4. The number of nitrogens with one attached hydrogen (secondary N) is 2. The molecule has 0 aliphatic rings. The van der Waals surface area contributed by atoms with Crippen molar-refractivity contribution in [1.29, 1.82) is 0 Å². The first-order valence-electron chi connectivity index (χ1n) is 10.7. The first-order chi connectivity index (χ1) is 15.0. The van der Waals surface area contributed by atoms with Gasteiger partial charge in [0.05, 0.1) is 5.71 Å². The number of fused-ring (bicyclic) bond motifs is 1. The summed E-state index contributed by atoms with van der Waals surface area (Å²) in [6.07, 6.45) is 0. The standard InChI is InChI=1S/C23H32N6S2/c1-6-28(7-2)22(30)26-24-17(5)21(25-27-23(31)29(8-3)9-4)20-16-12-14-18-13-10-11-15-19(18)20/h10-16H,6-9H2,1-5H3,(H,26,30)(H,27,31)/b24-17+,25-21-. The molecule has 0 spiro atoms. The summed E-state index contributed by atoms with van der Waals surface area (Å²) < 4.78 is 0. The van der Waals surface area contributed by atoms with E-state index in [1.54, 1.807) is 0 Å². The summed E-state index contributed by atoms with van der Waals surface area (Å²) in [5.74, 6) is 0. The van der Waals surface area contributed by atoms with Crippen molar-refractivity contribution in [2.45, 2.75) is 34.6 Å². The van der Waals surface area contributed by atoms with E-state index in [1.165, 1.54) is 0 Å². The van der Waals surface area contributed by atoms with E-state index in [0.29, 0.717) is 21.6 Å². The van der Waals surface area contributed by atoms with E-state index in [4.69, 9.17) is 24.4 Å². The van der Waals surface area contributed by atoms with Gasteiger partial charge in [-0.05, 0) is 69.8 Å². The number of hydrogen-bond acceptors (Lipinski definition) is 4. The molecule has 2 aromatic carbocycles. The van der Waals surface area contributed by atoms with Gasteiger partial charge in [-0.3, -0.25) is 10.9 Å². The monoisotopic (exact) mass is 456 g/mol. The van der Waals surface area contributed by atoms with Crippen LogP contribution in [0.5, 0.6) is 0 Å². The summed E-state index contributed by atoms with van der Waals surface area (Å²) in [7, 11) is 0. The van der Waals surface area contributed by atoms with Crippen LogP contribution in [0.1, 0.15) is 40.2 Å². The maximum Gasteiger partial charge on any atom is 0.189 e. The predicted molar refractivity (Wildman–Crippen MR) is 141 cm³/mol. The maximum absolute atomic E-state index is 5.52. The molecule has 0 atom stereocenters. The Morgan fingerprint density at radius 2 is 1.29 bits per heavy atom. The van der Waals surface area contributed by atoms with Crippen LogP contribution < -0.4 is 10.9 Å². The molecule has 2 aromatic rings. The summed E-state index contributed by atoms with van der Waals surface area (Å²) >= 11 is 11.0. The Bertz CT molecular complexity index is 956. The van der Waals surface area contributed by atoms with Crippen LogP contribution in [-0.4, -0.2) is 57.6 Å². The third-order valence-electron chi connectivity index (χ3n) is 5.07. The van der Waals surface area contributed by atoms with E-state index in [2.05, 4.69) is 66.9 Å². The van der Waals surface area contributed by atoms with Crippen molar-refractivity contribution >= 4 is 56.9 Å². The Labute approximate surface area is 196 Å². The molecule has 2 rings (SSSR count). The van der Waals surface area contributed by atoms with Gasteiger partial charge in [-0.15, -0.1) is 0 Å². The second kappa shape index (κ2) is 12.3. The fraction of sp³-hybridized carbons (Fsp3) is 0.391. The maximum atomic E-state index is 5.52. The number of hydrogen-bond donors (Lipinski definition) is 2. The van der Waals surface area contributed by atoms with Crippen LogP contribution in [0.25, 0.3) is 10.8 Å². The molecule has 166 valence electrons. The molecule has 0 bridgehead atoms. The van der Waals surface area contributed by atoms with Crippen LogP contribution in [0, 0.1) is 0 Å². The predicted octanol–water partition coefficient (Wildman–Crippen LogP) is 4.35. The van der Waals surface area contributed by atoms with Crippen LogP contribution in [0.3, 0.4) is 0 Å². The molecule has 0 unspecified atom stereocenters. The van der Waals surface area contributed by atoms with Crippen molar-refractivity contribution in [1.82, 2.24) is 20.7 Å². The summed E-state index contributed by atoms with van der Waals surface area (Å²) in [4.78, 5) is 4.08. The zero-order chi connectivity index (χ0) is 22.8. The molecule has 8 heteroatoms. The van der Waals surface area contributed by atoms with E-state index in [-0.39, 0.29) is 0 Å². The summed E-state index contributed by atoms with van der Waals surface area (Å²) in [5.41, 5.74) is 8.46. The third-order valence-corrected chi connectivity index (χ3v) is 5.77. The van der Waals surface area contributed by atoms with Crippen molar-refractivity contribution in [2.24, 2.45) is 10.2 Å². The summed E-state index contributed by atoms with van der Waals surface area (Å²) in [5, 5.41) is 12.6. The number of rotatable bonds is 8. The number of nitrogens with zero attached hydrogens (tertiary/aromatic N) is 4. The van der Waals surface area contributed by atoms with Crippen molar-refractivity contribution in [3.05, 3.63) is 48.0 Å². The Balaban J connectivity index is 2.45. The normalized spacial score (nSPS) is 11.9. The fourth-order valence-electron chi connectivity index (χ4n) is 3.22. The molecule has 2 N–H and O–H groups in total. The van der Waals surface area contributed by atoms with Crippen molar-refractivity contribution in [3.63, 3.8) is 0 Å². The summed E-state index contributed by atoms with van der Waals surface area (Å²) in [6.45, 7) is 13.4. The van der Waals surface area contributed by atoms with Crippen LogP contribution in [0.2, 0.25) is 0 Å². The lowest BCUT2D eigenvalue weighted by molar-refractivity contribution is 0.457. The Hall–Kier alpha value is -2.58. The molecule has 0 aliphatic carbocycles. The van der Waals surface area contributed by atoms with Gasteiger partial charge in [-0.2, -0.15) is 10.2 Å². The van der Waals surface area contributed by atoms with Gasteiger partial charge in [0.2, 0.25) is 0 Å². The van der Waals surface area contributed by atoms with Gasteiger partial charge in [0.15, 0.2) is 10.2 Å². The van der Waals surface area contributed by atoms with Crippen LogP contribution in [-0.2, 0) is 0 Å². The van der Waals surface area contributed by atoms with Gasteiger partial charge >= 0.3 is 0 Å². The van der Waals surface area contributed by atoms with E-state index in [0.717, 1.165) is 42.5 Å². The number of hydrazone groups is 2. The van der Waals surface area contributed by atoms with Gasteiger partial charge in [-0.25, -0.2) is 0 Å². The molecular weight excluding hydrogens is 424 g/mol. The zero-order valence-electron chi connectivity index (χ0n) is 19.0. The van der Waals surface area contributed by atoms with E-state index < -0.39 is 0 Å². The highest BCUT2D eigenvalue weighted by molar-refractivity contribution is 7.80. The van der Waals surface area contributed by atoms with Gasteiger partial charge in [0.25, 0.3) is 0 Å². The van der Waals surface area contributed by atoms with Gasteiger partial charge in [-0.1, -0.05) is 42.5 Å². The minimum Gasteiger partial charge on any atom is -0.348 e. The second-order valence-electron chi connectivity index (χ2n) is 6.86. The highest BCUT2D eigenvalue weighted by Crippen LogP contribution is 2.20. The van der Waals surface area contributed by atoms with Crippen molar-refractivity contribution in [2.75, 3.05) is 26.2 Å². The SMILES string of the molecule is CCN(CC)C(=S)N/N=C(C)/C(=N/NC(=S)N(CC)CC)c1cccc2ccccc12. The molecule has 0 amide bonds. The minimum absolute atomic E-state index is 0.585. The van der Waals surface area contributed by atoms with E-state index >= 15 is 0 Å². The fourth-order valence-corrected chi connectivity index (χ4v) is 3.83. The number of thiocarbonyl (C=S) groups is 2. The average Bonchev–Trinajstić information content (AvgIpc) is 2.79. The third kappa shape index (κ3) is 6.45. The lowest BCUT2D eigenvalue weighted by Gasteiger charge is -2.22. The molecule has 0 saturated heterocycles. The Morgan fingerprint density at radius 3 is 1.87 bits per heavy atom. The van der Waals surface area contributed by atoms with Crippen molar-refractivity contribution < 1.29 is 0 Å². The van der Waals surface area contributed by atoms with Crippen molar-refractivity contribution in [3.8, 4) is 0 Å². The highest BCUT2D eigenvalue weighted by Gasteiger charge is 2.14. The zero-order valence-corrected chi connectivity index (χ0v) is 20.6. The molecule has 0 aliphatic heterocycles. The highest BCUT2D eigenvalue weighted by atomic mass is 32.1. The number of benzene rings is 2. The second-order valence-corrected chi connectivity index (χ2v) is 7.64. The first kappa shape index (κ1) is 24.7. The van der Waals surface area contributed by atoms with E-state index in [9.17, 15) is 0 Å². The Kier molecular flexibility index (Phi) is 9.81. The molecule has 0 saturated carbocycles. The van der Waals surface area contributed by atoms with E-state index in [1.807, 2.05) is 41.0 Å². The topological polar surface area (TPSA) is 55.3 Å². The molecule has 0 heterocycles. The molecule has 0 aromatic heterocycles. The molecule has 0 radical (unpaired) electrons. The van der Waals surface area contributed by atoms with Crippen LogP contribution in [0.15, 0.2) is 52.7 Å². The average molecular weight is 457 g/mol. The smallest absolute Gasteiger partial charge is 0.189 e. The lowest BCUT2D eigenvalue weighted by Crippen LogP contribution is -2.39. The first-order valence-corrected chi connectivity index (χ1v) is 11.5. The largest absolute Gasteiger partial charge is 0.348 e. The van der Waals surface area contributed by atoms with Crippen LogP contribution >= 0.6 is 24.4 Å². The lowest BCUT2D eigenvalue weighted by atomic mass is 9.99. The van der Waals surface area contributed by atoms with Gasteiger partial charge < -0.3 is 9.80 Å². The Morgan fingerprint density at radius 1 is 0.774 bits per heavy atom. The molecule has 6 nitrogen and oxygen atoms in total.